The largest absolute Gasteiger partial charge is 0.399 e. The second kappa shape index (κ2) is 5.92. The van der Waals surface area contributed by atoms with Crippen LogP contribution in [0.15, 0.2) is 17.0 Å². The van der Waals surface area contributed by atoms with Crippen LogP contribution >= 0.6 is 0 Å². The number of aryl methyl sites for hydroxylation is 1. The molecule has 0 saturated carbocycles. The molecular formula is C14H24N2O2S. The van der Waals surface area contributed by atoms with Crippen molar-refractivity contribution in [3.05, 3.63) is 23.3 Å². The van der Waals surface area contributed by atoms with Gasteiger partial charge in [0.2, 0.25) is 10.0 Å². The molecule has 0 fully saturated rings. The van der Waals surface area contributed by atoms with Crippen molar-refractivity contribution in [2.75, 3.05) is 5.73 Å². The molecule has 19 heavy (non-hydrogen) atoms. The van der Waals surface area contributed by atoms with E-state index in [1.54, 1.807) is 13.0 Å². The third kappa shape index (κ3) is 3.70. The molecule has 2 atom stereocenters. The van der Waals surface area contributed by atoms with Gasteiger partial charge in [0.05, 0.1) is 4.90 Å². The molecule has 0 bridgehead atoms. The van der Waals surface area contributed by atoms with Gasteiger partial charge in [-0.3, -0.25) is 0 Å². The van der Waals surface area contributed by atoms with Gasteiger partial charge in [-0.15, -0.1) is 0 Å². The lowest BCUT2D eigenvalue weighted by molar-refractivity contribution is 0.434. The van der Waals surface area contributed by atoms with Crippen molar-refractivity contribution in [3.63, 3.8) is 0 Å². The summed E-state index contributed by atoms with van der Waals surface area (Å²) in [5, 5.41) is 0. The smallest absolute Gasteiger partial charge is 0.241 e. The zero-order valence-electron chi connectivity index (χ0n) is 12.3. The van der Waals surface area contributed by atoms with E-state index in [0.717, 1.165) is 17.5 Å². The Hall–Kier alpha value is -1.07. The van der Waals surface area contributed by atoms with Crippen molar-refractivity contribution in [1.82, 2.24) is 4.72 Å². The second-order valence-corrected chi connectivity index (χ2v) is 6.94. The first-order valence-corrected chi connectivity index (χ1v) is 8.06. The summed E-state index contributed by atoms with van der Waals surface area (Å²) in [5.74, 6) is 0.289. The highest BCUT2D eigenvalue weighted by atomic mass is 32.2. The first kappa shape index (κ1) is 16.0. The van der Waals surface area contributed by atoms with E-state index >= 15 is 0 Å². The topological polar surface area (TPSA) is 72.2 Å². The van der Waals surface area contributed by atoms with Crippen LogP contribution in [-0.4, -0.2) is 14.5 Å². The van der Waals surface area contributed by atoms with Crippen LogP contribution in [0.3, 0.4) is 0 Å². The minimum atomic E-state index is -3.52. The summed E-state index contributed by atoms with van der Waals surface area (Å²) in [4.78, 5) is 0.278. The monoisotopic (exact) mass is 284 g/mol. The molecule has 1 aromatic carbocycles. The van der Waals surface area contributed by atoms with Crippen molar-refractivity contribution in [3.8, 4) is 0 Å². The fourth-order valence-electron chi connectivity index (χ4n) is 1.91. The Morgan fingerprint density at radius 1 is 1.26 bits per heavy atom. The van der Waals surface area contributed by atoms with Gasteiger partial charge in [0.15, 0.2) is 0 Å². The average molecular weight is 284 g/mol. The third-order valence-corrected chi connectivity index (χ3v) is 5.46. The molecule has 0 heterocycles. The summed E-state index contributed by atoms with van der Waals surface area (Å²) in [6, 6.07) is 3.21. The Labute approximate surface area is 116 Å². The van der Waals surface area contributed by atoms with Gasteiger partial charge in [-0.25, -0.2) is 13.1 Å². The number of nitrogens with one attached hydrogen (secondary N) is 1. The molecule has 2 unspecified atom stereocenters. The predicted molar refractivity (Wildman–Crippen MR) is 79.6 cm³/mol. The molecule has 0 aliphatic rings. The van der Waals surface area contributed by atoms with Crippen molar-refractivity contribution >= 4 is 15.7 Å². The fraction of sp³-hybridized carbons (Fsp3) is 0.571. The number of nitrogens with two attached hydrogens (primary N) is 1. The van der Waals surface area contributed by atoms with Crippen LogP contribution in [0.25, 0.3) is 0 Å². The molecule has 3 N–H and O–H groups in total. The molecule has 0 spiro atoms. The maximum Gasteiger partial charge on any atom is 0.241 e. The van der Waals surface area contributed by atoms with Gasteiger partial charge < -0.3 is 5.73 Å². The minimum absolute atomic E-state index is 0.101. The van der Waals surface area contributed by atoms with Gasteiger partial charge >= 0.3 is 0 Å². The van der Waals surface area contributed by atoms with E-state index in [-0.39, 0.29) is 16.9 Å². The number of nitrogen functional groups attached to an aromatic ring is 1. The number of hydrogen-bond donors (Lipinski definition) is 2. The maximum atomic E-state index is 12.4. The summed E-state index contributed by atoms with van der Waals surface area (Å²) in [6.07, 6.45) is 0.929. The zero-order valence-corrected chi connectivity index (χ0v) is 13.1. The van der Waals surface area contributed by atoms with Crippen LogP contribution in [-0.2, 0) is 10.0 Å². The highest BCUT2D eigenvalue weighted by Crippen LogP contribution is 2.23. The minimum Gasteiger partial charge on any atom is -0.399 e. The maximum absolute atomic E-state index is 12.4. The third-order valence-electron chi connectivity index (χ3n) is 3.77. The summed E-state index contributed by atoms with van der Waals surface area (Å²) in [7, 11) is -3.52. The van der Waals surface area contributed by atoms with Crippen molar-refractivity contribution in [1.29, 1.82) is 0 Å². The SMILES string of the molecule is CCC(C)C(C)NS(=O)(=O)c1cc(N)cc(C)c1C. The van der Waals surface area contributed by atoms with E-state index < -0.39 is 10.0 Å². The van der Waals surface area contributed by atoms with E-state index in [9.17, 15) is 8.42 Å². The highest BCUT2D eigenvalue weighted by Gasteiger charge is 2.23. The lowest BCUT2D eigenvalue weighted by atomic mass is 10.0. The molecule has 0 radical (unpaired) electrons. The lowest BCUT2D eigenvalue weighted by Gasteiger charge is -2.21. The molecule has 5 heteroatoms. The highest BCUT2D eigenvalue weighted by molar-refractivity contribution is 7.89. The molecule has 0 saturated heterocycles. The molecule has 0 aromatic heterocycles. The van der Waals surface area contributed by atoms with E-state index in [1.807, 2.05) is 27.7 Å². The van der Waals surface area contributed by atoms with Gasteiger partial charge in [-0.2, -0.15) is 0 Å². The molecule has 108 valence electrons. The van der Waals surface area contributed by atoms with E-state index in [4.69, 9.17) is 5.73 Å². The Bertz CT molecular complexity index is 553. The van der Waals surface area contributed by atoms with Gasteiger partial charge in [-0.1, -0.05) is 20.3 Å². The zero-order chi connectivity index (χ0) is 14.8. The first-order valence-electron chi connectivity index (χ1n) is 6.58. The predicted octanol–water partition coefficient (Wildman–Crippen LogP) is 2.60. The van der Waals surface area contributed by atoms with E-state index in [1.165, 1.54) is 6.07 Å². The van der Waals surface area contributed by atoms with Gasteiger partial charge in [-0.05, 0) is 49.9 Å². The Morgan fingerprint density at radius 2 is 1.84 bits per heavy atom. The van der Waals surface area contributed by atoms with E-state index in [0.29, 0.717) is 5.69 Å². The summed E-state index contributed by atoms with van der Waals surface area (Å²) < 4.78 is 27.6. The fourth-order valence-corrected chi connectivity index (χ4v) is 3.61. The van der Waals surface area contributed by atoms with Gasteiger partial charge in [0.1, 0.15) is 0 Å². The number of benzene rings is 1. The molecule has 0 aliphatic carbocycles. The molecule has 0 amide bonds. The molecule has 0 aliphatic heterocycles. The number of rotatable bonds is 5. The van der Waals surface area contributed by atoms with Crippen LogP contribution in [0.2, 0.25) is 0 Å². The number of sulfonamides is 1. The van der Waals surface area contributed by atoms with Crippen molar-refractivity contribution < 1.29 is 8.42 Å². The standard InChI is InChI=1S/C14H24N2O2S/c1-6-9(2)12(5)16-19(17,18)14-8-13(15)7-10(3)11(14)4/h7-9,12,16H,6,15H2,1-5H3. The summed E-state index contributed by atoms with van der Waals surface area (Å²) in [5.41, 5.74) is 7.86. The van der Waals surface area contributed by atoms with Crippen molar-refractivity contribution in [2.45, 2.75) is 52.0 Å². The van der Waals surface area contributed by atoms with Crippen LogP contribution in [0.5, 0.6) is 0 Å². The number of anilines is 1. The van der Waals surface area contributed by atoms with Crippen LogP contribution in [0.1, 0.15) is 38.3 Å². The molecule has 4 nitrogen and oxygen atoms in total. The van der Waals surface area contributed by atoms with Gasteiger partial charge in [0, 0.05) is 11.7 Å². The lowest BCUT2D eigenvalue weighted by Crippen LogP contribution is -2.37. The van der Waals surface area contributed by atoms with Gasteiger partial charge in [0.25, 0.3) is 0 Å². The Kier molecular flexibility index (Phi) is 4.98. The normalized spacial score (nSPS) is 15.2. The average Bonchev–Trinajstić information content (AvgIpc) is 2.31. The number of hydrogen-bond acceptors (Lipinski definition) is 3. The molecular weight excluding hydrogens is 260 g/mol. The van der Waals surface area contributed by atoms with Crippen molar-refractivity contribution in [2.24, 2.45) is 5.92 Å². The van der Waals surface area contributed by atoms with Crippen LogP contribution < -0.4 is 10.5 Å². The van der Waals surface area contributed by atoms with E-state index in [2.05, 4.69) is 4.72 Å². The Morgan fingerprint density at radius 3 is 2.37 bits per heavy atom. The second-order valence-electron chi connectivity index (χ2n) is 5.26. The van der Waals surface area contributed by atoms with Crippen LogP contribution in [0, 0.1) is 19.8 Å². The quantitative estimate of drug-likeness (QED) is 0.816. The summed E-state index contributed by atoms with van der Waals surface area (Å²) >= 11 is 0. The summed E-state index contributed by atoms with van der Waals surface area (Å²) in [6.45, 7) is 9.64. The molecule has 1 rings (SSSR count). The molecule has 1 aromatic rings. The first-order chi connectivity index (χ1) is 8.69. The van der Waals surface area contributed by atoms with Crippen LogP contribution in [0.4, 0.5) is 5.69 Å². The Balaban J connectivity index is 3.14.